The predicted octanol–water partition coefficient (Wildman–Crippen LogP) is 7.26. The van der Waals surface area contributed by atoms with Crippen molar-refractivity contribution in [2.24, 2.45) is 0 Å². The molecule has 0 bridgehead atoms. The Morgan fingerprint density at radius 1 is 0.654 bits per heavy atom. The van der Waals surface area contributed by atoms with Gasteiger partial charge in [-0.05, 0) is 0 Å². The third-order valence-corrected chi connectivity index (χ3v) is 41.6. The molecule has 4 rings (SSSR count). The number of rotatable bonds is 4. The van der Waals surface area contributed by atoms with Gasteiger partial charge in [0.2, 0.25) is 0 Å². The molecule has 4 heteroatoms. The molecule has 0 radical (unpaired) electrons. The van der Waals surface area contributed by atoms with E-state index in [0.29, 0.717) is 0 Å². The fourth-order valence-electron chi connectivity index (χ4n) is 6.88. The van der Waals surface area contributed by atoms with Crippen LogP contribution in [0.5, 0.6) is 0 Å². The van der Waals surface area contributed by atoms with Crippen LogP contribution in [0.15, 0.2) is 43.0 Å². The van der Waals surface area contributed by atoms with Crippen LogP contribution < -0.4 is 0 Å². The van der Waals surface area contributed by atoms with Gasteiger partial charge in [0.25, 0.3) is 0 Å². The Bertz CT molecular complexity index is 616. The number of allylic oxidation sites excluding steroid dienone is 8. The second-order valence-electron chi connectivity index (χ2n) is 8.95. The SMILES string of the molecule is Cl.Cl.[SiH2]=[Zr]([C]1=CC=CC1)([C]1=CC=CC1)([CH]1CCCCC1)[CH]1CCCCC1. The molecule has 4 aliphatic carbocycles. The van der Waals surface area contributed by atoms with E-state index in [9.17, 15) is 0 Å². The fourth-order valence-corrected chi connectivity index (χ4v) is 36.5. The molecule has 0 saturated heterocycles. The van der Waals surface area contributed by atoms with Crippen molar-refractivity contribution >= 4 is 31.7 Å². The van der Waals surface area contributed by atoms with Gasteiger partial charge in [-0.25, -0.2) is 0 Å². The zero-order chi connectivity index (χ0) is 16.5. The summed E-state index contributed by atoms with van der Waals surface area (Å²) in [5.41, 5.74) is 0. The monoisotopic (exact) mass is 488 g/mol. The summed E-state index contributed by atoms with van der Waals surface area (Å²) < 4.78 is 6.09. The van der Waals surface area contributed by atoms with Crippen LogP contribution >= 0.6 is 24.8 Å². The second kappa shape index (κ2) is 9.43. The quantitative estimate of drug-likeness (QED) is 0.364. The van der Waals surface area contributed by atoms with Crippen LogP contribution in [0.2, 0.25) is 7.25 Å². The molecule has 2 saturated carbocycles. The molecule has 0 atom stereocenters. The van der Waals surface area contributed by atoms with Crippen molar-refractivity contribution in [1.29, 1.82) is 0 Å². The summed E-state index contributed by atoms with van der Waals surface area (Å²) >= 11 is -3.19. The Morgan fingerprint density at radius 2 is 1.04 bits per heavy atom. The van der Waals surface area contributed by atoms with Crippen molar-refractivity contribution in [3.8, 4) is 0 Å². The minimum absolute atomic E-state index is 0. The van der Waals surface area contributed by atoms with Crippen LogP contribution in [-0.4, -0.2) is 6.88 Å². The Labute approximate surface area is 175 Å². The van der Waals surface area contributed by atoms with E-state index in [4.69, 9.17) is 0 Å². The first-order valence-corrected chi connectivity index (χ1v) is 21.7. The van der Waals surface area contributed by atoms with Gasteiger partial charge in [-0.3, -0.25) is 0 Å². The van der Waals surface area contributed by atoms with Crippen molar-refractivity contribution < 1.29 is 17.4 Å². The van der Waals surface area contributed by atoms with Gasteiger partial charge in [-0.15, -0.1) is 24.8 Å². The van der Waals surface area contributed by atoms with Gasteiger partial charge in [0.1, 0.15) is 0 Å². The van der Waals surface area contributed by atoms with Gasteiger partial charge in [0, 0.05) is 0 Å². The standard InChI is InChI=1S/2C6H11.2C5H5.2ClH.H2Si.Zr/c2*1-2-4-6-5-3-1;2*1-2-4-5-3-1;;;;/h2*1H,2-6H2;2*1-3H,4H2;2*1H;1H2;. The van der Waals surface area contributed by atoms with E-state index in [1.807, 2.05) is 6.56 Å². The summed E-state index contributed by atoms with van der Waals surface area (Å²) in [6.45, 7) is 2.65. The average Bonchev–Trinajstić information content (AvgIpc) is 3.37. The second-order valence-corrected chi connectivity index (χ2v) is 33.2. The van der Waals surface area contributed by atoms with Crippen LogP contribution in [0.3, 0.4) is 0 Å². The molecule has 0 aliphatic heterocycles. The molecule has 0 amide bonds. The molecule has 0 spiro atoms. The first-order chi connectivity index (χ1) is 11.7. The van der Waals surface area contributed by atoms with Gasteiger partial charge >= 0.3 is 152 Å². The Morgan fingerprint density at radius 3 is 1.35 bits per heavy atom. The van der Waals surface area contributed by atoms with E-state index in [1.54, 1.807) is 25.7 Å². The predicted molar refractivity (Wildman–Crippen MR) is 120 cm³/mol. The first-order valence-electron chi connectivity index (χ1n) is 10.5. The van der Waals surface area contributed by atoms with Crippen molar-refractivity contribution in [3.05, 3.63) is 43.0 Å². The van der Waals surface area contributed by atoms with Crippen LogP contribution in [0.25, 0.3) is 0 Å². The van der Waals surface area contributed by atoms with Crippen molar-refractivity contribution in [3.63, 3.8) is 0 Å². The molecule has 0 aromatic carbocycles. The zero-order valence-electron chi connectivity index (χ0n) is 16.1. The Kier molecular flexibility index (Phi) is 8.31. The summed E-state index contributed by atoms with van der Waals surface area (Å²) in [5, 5.41) is 0. The van der Waals surface area contributed by atoms with E-state index in [2.05, 4.69) is 43.3 Å². The summed E-state index contributed by atoms with van der Waals surface area (Å²) in [5.74, 6) is 0. The third-order valence-electron chi connectivity index (χ3n) is 8.13. The zero-order valence-corrected chi connectivity index (χ0v) is 21.6. The molecule has 26 heavy (non-hydrogen) atoms. The molecule has 0 aromatic heterocycles. The number of hydrogen-bond donors (Lipinski definition) is 0. The number of hydrogen-bond acceptors (Lipinski definition) is 0. The molecular formula is C22H36Cl2SiZr. The van der Waals surface area contributed by atoms with E-state index < -0.39 is 17.4 Å². The molecule has 0 nitrogen and oxygen atoms in total. The van der Waals surface area contributed by atoms with E-state index >= 15 is 0 Å². The number of halogens is 2. The Balaban J connectivity index is 0.00000121. The normalized spacial score (nSPS) is 24.7. The maximum atomic E-state index is 2.65. The van der Waals surface area contributed by atoms with E-state index in [1.165, 1.54) is 51.4 Å². The fraction of sp³-hybridized carbons (Fsp3) is 0.636. The summed E-state index contributed by atoms with van der Waals surface area (Å²) in [7, 11) is 0. The molecule has 2 fully saturated rings. The van der Waals surface area contributed by atoms with Crippen LogP contribution in [0.4, 0.5) is 0 Å². The first kappa shape index (κ1) is 22.9. The van der Waals surface area contributed by atoms with E-state index in [0.717, 1.165) is 7.25 Å². The van der Waals surface area contributed by atoms with Crippen molar-refractivity contribution in [1.82, 2.24) is 0 Å². The molecule has 0 N–H and O–H groups in total. The summed E-state index contributed by atoms with van der Waals surface area (Å²) in [4.78, 5) is 0. The van der Waals surface area contributed by atoms with E-state index in [-0.39, 0.29) is 24.8 Å². The van der Waals surface area contributed by atoms with Gasteiger partial charge in [0.05, 0.1) is 0 Å². The van der Waals surface area contributed by atoms with Crippen LogP contribution in [0.1, 0.15) is 77.0 Å². The summed E-state index contributed by atoms with van der Waals surface area (Å²) in [6, 6.07) is 0. The van der Waals surface area contributed by atoms with Gasteiger partial charge in [0.15, 0.2) is 0 Å². The third kappa shape index (κ3) is 3.51. The molecule has 0 aromatic rings. The van der Waals surface area contributed by atoms with Crippen molar-refractivity contribution in [2.75, 3.05) is 0 Å². The van der Waals surface area contributed by atoms with Crippen molar-refractivity contribution in [2.45, 2.75) is 84.3 Å². The molecule has 0 unspecified atom stereocenters. The van der Waals surface area contributed by atoms with Crippen LogP contribution in [0, 0.1) is 0 Å². The molecule has 4 aliphatic rings. The molecule has 146 valence electrons. The van der Waals surface area contributed by atoms with Gasteiger partial charge < -0.3 is 0 Å². The maximum absolute atomic E-state index is 3.19. The van der Waals surface area contributed by atoms with Gasteiger partial charge in [-0.2, -0.15) is 0 Å². The van der Waals surface area contributed by atoms with Gasteiger partial charge in [-0.1, -0.05) is 0 Å². The minimum atomic E-state index is -3.19. The topological polar surface area (TPSA) is 0 Å². The summed E-state index contributed by atoms with van der Waals surface area (Å²) in [6.07, 6.45) is 32.7. The molecule has 0 heterocycles. The average molecular weight is 491 g/mol. The van der Waals surface area contributed by atoms with Crippen LogP contribution in [-0.2, 0) is 17.4 Å². The Hall–Kier alpha value is 0.640. The molecular weight excluding hydrogens is 454 g/mol.